The predicted molar refractivity (Wildman–Crippen MR) is 82.6 cm³/mol. The van der Waals surface area contributed by atoms with Gasteiger partial charge in [0.15, 0.2) is 0 Å². The molecule has 0 spiro atoms. The molecular formula is C17H20ClN. The molecule has 0 heterocycles. The van der Waals surface area contributed by atoms with Gasteiger partial charge in [0.25, 0.3) is 0 Å². The van der Waals surface area contributed by atoms with Gasteiger partial charge in [0.2, 0.25) is 0 Å². The minimum atomic E-state index is 0.298. The van der Waals surface area contributed by atoms with Gasteiger partial charge in [-0.2, -0.15) is 0 Å². The molecule has 1 nitrogen and oxygen atoms in total. The molecule has 0 saturated heterocycles. The largest absolute Gasteiger partial charge is 0.304 e. The monoisotopic (exact) mass is 273 g/mol. The zero-order chi connectivity index (χ0) is 13.8. The lowest BCUT2D eigenvalue weighted by atomic mass is 10.0. The molecular weight excluding hydrogens is 254 g/mol. The Balaban J connectivity index is 2.08. The first kappa shape index (κ1) is 14.1. The molecule has 0 radical (unpaired) electrons. The molecule has 0 aromatic heterocycles. The van der Waals surface area contributed by atoms with Crippen LogP contribution in [0.1, 0.15) is 42.6 Å². The number of rotatable bonds is 4. The summed E-state index contributed by atoms with van der Waals surface area (Å²) in [4.78, 5) is 0. The van der Waals surface area contributed by atoms with E-state index in [1.165, 1.54) is 16.7 Å². The Hall–Kier alpha value is -1.31. The van der Waals surface area contributed by atoms with Crippen LogP contribution in [0.15, 0.2) is 48.5 Å². The van der Waals surface area contributed by atoms with Crippen molar-refractivity contribution < 1.29 is 0 Å². The van der Waals surface area contributed by atoms with Gasteiger partial charge in [-0.15, -0.1) is 0 Å². The zero-order valence-corrected chi connectivity index (χ0v) is 12.4. The zero-order valence-electron chi connectivity index (χ0n) is 11.7. The molecule has 19 heavy (non-hydrogen) atoms. The van der Waals surface area contributed by atoms with Gasteiger partial charge in [0, 0.05) is 17.1 Å². The summed E-state index contributed by atoms with van der Waals surface area (Å²) in [5.74, 6) is 0. The van der Waals surface area contributed by atoms with Crippen LogP contribution in [0, 0.1) is 6.92 Å². The highest BCUT2D eigenvalue weighted by Gasteiger charge is 2.12. The molecule has 1 unspecified atom stereocenters. The van der Waals surface area contributed by atoms with Crippen LogP contribution >= 0.6 is 11.6 Å². The molecule has 0 aliphatic heterocycles. The van der Waals surface area contributed by atoms with E-state index >= 15 is 0 Å². The molecule has 0 fully saturated rings. The summed E-state index contributed by atoms with van der Waals surface area (Å²) in [5, 5.41) is 4.41. The van der Waals surface area contributed by atoms with E-state index in [1.807, 2.05) is 12.1 Å². The van der Waals surface area contributed by atoms with Crippen molar-refractivity contribution in [3.63, 3.8) is 0 Å². The third-order valence-electron chi connectivity index (χ3n) is 3.52. The SMILES string of the molecule is Cc1ccccc1[C@@H](C)NC(C)c1ccc(Cl)cc1. The van der Waals surface area contributed by atoms with E-state index in [0.717, 1.165) is 5.02 Å². The fourth-order valence-electron chi connectivity index (χ4n) is 2.39. The first-order chi connectivity index (χ1) is 9.08. The van der Waals surface area contributed by atoms with E-state index in [1.54, 1.807) is 0 Å². The summed E-state index contributed by atoms with van der Waals surface area (Å²) in [6, 6.07) is 17.2. The van der Waals surface area contributed by atoms with Gasteiger partial charge in [-0.05, 0) is 49.6 Å². The summed E-state index contributed by atoms with van der Waals surface area (Å²) in [7, 11) is 0. The van der Waals surface area contributed by atoms with Gasteiger partial charge in [0.05, 0.1) is 0 Å². The van der Waals surface area contributed by atoms with Crippen LogP contribution < -0.4 is 5.32 Å². The van der Waals surface area contributed by atoms with Gasteiger partial charge < -0.3 is 5.32 Å². The molecule has 0 bridgehead atoms. The second-order valence-corrected chi connectivity index (χ2v) is 5.45. The summed E-state index contributed by atoms with van der Waals surface area (Å²) in [6.07, 6.45) is 0. The molecule has 100 valence electrons. The maximum Gasteiger partial charge on any atom is 0.0406 e. The van der Waals surface area contributed by atoms with Crippen molar-refractivity contribution in [3.8, 4) is 0 Å². The van der Waals surface area contributed by atoms with E-state index in [0.29, 0.717) is 12.1 Å². The number of halogens is 1. The highest BCUT2D eigenvalue weighted by molar-refractivity contribution is 6.30. The van der Waals surface area contributed by atoms with Crippen LogP contribution in [0.4, 0.5) is 0 Å². The number of hydrogen-bond acceptors (Lipinski definition) is 1. The van der Waals surface area contributed by atoms with Crippen LogP contribution in [-0.2, 0) is 0 Å². The normalized spacial score (nSPS) is 14.1. The number of benzene rings is 2. The van der Waals surface area contributed by atoms with Crippen LogP contribution in [0.2, 0.25) is 5.02 Å². The second-order valence-electron chi connectivity index (χ2n) is 5.02. The lowest BCUT2D eigenvalue weighted by Crippen LogP contribution is -2.23. The lowest BCUT2D eigenvalue weighted by molar-refractivity contribution is 0.493. The second kappa shape index (κ2) is 6.23. The van der Waals surface area contributed by atoms with Crippen LogP contribution in [0.25, 0.3) is 0 Å². The van der Waals surface area contributed by atoms with Crippen molar-refractivity contribution in [1.82, 2.24) is 5.32 Å². The van der Waals surface area contributed by atoms with Crippen molar-refractivity contribution in [2.24, 2.45) is 0 Å². The molecule has 0 aliphatic carbocycles. The fourth-order valence-corrected chi connectivity index (χ4v) is 2.51. The minimum absolute atomic E-state index is 0.298. The number of nitrogens with one attached hydrogen (secondary N) is 1. The highest BCUT2D eigenvalue weighted by Crippen LogP contribution is 2.22. The maximum atomic E-state index is 5.92. The van der Waals surface area contributed by atoms with Crippen LogP contribution in [0.5, 0.6) is 0 Å². The smallest absolute Gasteiger partial charge is 0.0406 e. The van der Waals surface area contributed by atoms with Crippen molar-refractivity contribution in [1.29, 1.82) is 0 Å². The van der Waals surface area contributed by atoms with Gasteiger partial charge in [-0.1, -0.05) is 48.0 Å². The first-order valence-corrected chi connectivity index (χ1v) is 7.03. The third-order valence-corrected chi connectivity index (χ3v) is 3.78. The number of aryl methyl sites for hydroxylation is 1. The molecule has 1 N–H and O–H groups in total. The van der Waals surface area contributed by atoms with E-state index in [-0.39, 0.29) is 0 Å². The average molecular weight is 274 g/mol. The van der Waals surface area contributed by atoms with Gasteiger partial charge in [-0.3, -0.25) is 0 Å². The first-order valence-electron chi connectivity index (χ1n) is 6.65. The van der Waals surface area contributed by atoms with E-state index in [9.17, 15) is 0 Å². The molecule has 0 amide bonds. The molecule has 0 aliphatic rings. The summed E-state index contributed by atoms with van der Waals surface area (Å²) in [5.41, 5.74) is 3.93. The molecule has 0 saturated carbocycles. The summed E-state index contributed by atoms with van der Waals surface area (Å²) in [6.45, 7) is 6.53. The van der Waals surface area contributed by atoms with E-state index < -0.39 is 0 Å². The van der Waals surface area contributed by atoms with Gasteiger partial charge >= 0.3 is 0 Å². The van der Waals surface area contributed by atoms with Crippen molar-refractivity contribution in [3.05, 3.63) is 70.2 Å². The fraction of sp³-hybridized carbons (Fsp3) is 0.294. The van der Waals surface area contributed by atoms with Crippen LogP contribution in [0.3, 0.4) is 0 Å². The van der Waals surface area contributed by atoms with Gasteiger partial charge in [0.1, 0.15) is 0 Å². The highest BCUT2D eigenvalue weighted by atomic mass is 35.5. The van der Waals surface area contributed by atoms with Crippen LogP contribution in [-0.4, -0.2) is 0 Å². The van der Waals surface area contributed by atoms with E-state index in [2.05, 4.69) is 62.5 Å². The quantitative estimate of drug-likeness (QED) is 0.821. The maximum absolute atomic E-state index is 5.92. The summed E-state index contributed by atoms with van der Waals surface area (Å²) < 4.78 is 0. The van der Waals surface area contributed by atoms with Crippen molar-refractivity contribution in [2.45, 2.75) is 32.9 Å². The van der Waals surface area contributed by atoms with E-state index in [4.69, 9.17) is 11.6 Å². The Bertz CT molecular complexity index is 533. The predicted octanol–water partition coefficient (Wildman–Crippen LogP) is 5.06. The Morgan fingerprint density at radius 2 is 1.53 bits per heavy atom. The third kappa shape index (κ3) is 3.59. The standard InChI is InChI=1S/C17H20ClN/c1-12-6-4-5-7-17(12)14(3)19-13(2)15-8-10-16(18)11-9-15/h4-11,13-14,19H,1-3H3/t13?,14-/m1/s1. The minimum Gasteiger partial charge on any atom is -0.304 e. The summed E-state index contributed by atoms with van der Waals surface area (Å²) >= 11 is 5.92. The van der Waals surface area contributed by atoms with Crippen molar-refractivity contribution in [2.75, 3.05) is 0 Å². The molecule has 2 rings (SSSR count). The molecule has 2 aromatic carbocycles. The van der Waals surface area contributed by atoms with Crippen molar-refractivity contribution >= 4 is 11.6 Å². The average Bonchev–Trinajstić information content (AvgIpc) is 2.39. The molecule has 2 heteroatoms. The number of hydrogen-bond donors (Lipinski definition) is 1. The topological polar surface area (TPSA) is 12.0 Å². The Morgan fingerprint density at radius 3 is 2.16 bits per heavy atom. The Morgan fingerprint density at radius 1 is 0.895 bits per heavy atom. The molecule has 2 atom stereocenters. The Kier molecular flexibility index (Phi) is 4.62. The van der Waals surface area contributed by atoms with Gasteiger partial charge in [-0.25, -0.2) is 0 Å². The molecule has 2 aromatic rings. The Labute approximate surface area is 120 Å². The lowest BCUT2D eigenvalue weighted by Gasteiger charge is -2.22.